The zero-order valence-electron chi connectivity index (χ0n) is 32.1. The SMILES string of the molecule is C[C@@H]1CCC(C(=O)CCC(=O)C2CC[C@@H](C)[C@H]3C[C@@H]4CC[C@@H](C)[C@H](CC[C@]23C)C4(C)C)[C@@]2(C)CC[C@H]3[C@H](C)CC[C@@H](C[C@H]12)C3(C)C. The first-order valence-electron chi connectivity index (χ1n) is 20.6. The Morgan fingerprint density at radius 1 is 0.457 bits per heavy atom. The molecule has 0 N–H and O–H groups in total. The fraction of sp³-hybridized carbons (Fsp3) is 0.955. The molecule has 0 aromatic heterocycles. The van der Waals surface area contributed by atoms with Gasteiger partial charge in [-0.2, -0.15) is 0 Å². The first kappa shape index (κ1) is 35.2. The van der Waals surface area contributed by atoms with E-state index in [9.17, 15) is 9.59 Å². The van der Waals surface area contributed by atoms with Crippen molar-refractivity contribution in [1.82, 2.24) is 0 Å². The van der Waals surface area contributed by atoms with Crippen molar-refractivity contribution in [2.45, 2.75) is 172 Å². The summed E-state index contributed by atoms with van der Waals surface area (Å²) < 4.78 is 0. The third kappa shape index (κ3) is 5.74. The predicted molar refractivity (Wildman–Crippen MR) is 192 cm³/mol. The van der Waals surface area contributed by atoms with E-state index in [1.807, 2.05) is 0 Å². The van der Waals surface area contributed by atoms with Crippen molar-refractivity contribution < 1.29 is 9.59 Å². The fourth-order valence-corrected chi connectivity index (χ4v) is 15.0. The molecular weight excluding hydrogens is 560 g/mol. The molecule has 0 heterocycles. The first-order valence-corrected chi connectivity index (χ1v) is 20.6. The van der Waals surface area contributed by atoms with Gasteiger partial charge in [0.05, 0.1) is 0 Å². The van der Waals surface area contributed by atoms with Crippen LogP contribution in [0.3, 0.4) is 0 Å². The normalized spacial score (nSPS) is 50.0. The van der Waals surface area contributed by atoms with Crippen molar-refractivity contribution in [3.8, 4) is 0 Å². The number of rotatable bonds is 5. The summed E-state index contributed by atoms with van der Waals surface area (Å²) in [5.74, 6) is 8.60. The predicted octanol–water partition coefficient (Wildman–Crippen LogP) is 12.0. The van der Waals surface area contributed by atoms with Gasteiger partial charge in [0.25, 0.3) is 0 Å². The quantitative estimate of drug-likeness (QED) is 0.301. The van der Waals surface area contributed by atoms with Crippen LogP contribution in [0.2, 0.25) is 0 Å². The van der Waals surface area contributed by atoms with E-state index in [0.29, 0.717) is 58.9 Å². The van der Waals surface area contributed by atoms with Crippen LogP contribution in [-0.4, -0.2) is 11.6 Å². The molecule has 6 saturated carbocycles. The number of fused-ring (bicyclic) bond motifs is 6. The van der Waals surface area contributed by atoms with Gasteiger partial charge in [0.15, 0.2) is 0 Å². The zero-order valence-corrected chi connectivity index (χ0v) is 32.1. The summed E-state index contributed by atoms with van der Waals surface area (Å²) in [7, 11) is 0. The van der Waals surface area contributed by atoms with Crippen LogP contribution < -0.4 is 0 Å². The number of Topliss-reactive ketones (excluding diaryl/α,β-unsaturated/α-hetero) is 2. The Labute approximate surface area is 285 Å². The Bertz CT molecular complexity index is 1040. The van der Waals surface area contributed by atoms with Gasteiger partial charge in [0, 0.05) is 24.7 Å². The summed E-state index contributed by atoms with van der Waals surface area (Å²) >= 11 is 0. The summed E-state index contributed by atoms with van der Waals surface area (Å²) in [6.07, 6.45) is 18.6. The van der Waals surface area contributed by atoms with E-state index >= 15 is 0 Å². The number of hydrogen-bond donors (Lipinski definition) is 0. The lowest BCUT2D eigenvalue weighted by Gasteiger charge is -2.59. The standard InChI is InChI=1S/C44H74O2/c1-27-11-15-31-25-37-29(3)13-17-35(43(37,9)23-21-33(27)41(31,5)6)39(45)19-20-40(46)36-18-14-30(4)38-26-32-16-12-28(2)34(42(32,7)8)22-24-44(36,38)10/h27-38H,11-26H2,1-10H3/t27-,28-,29-,30-,31+,32+,33+,34+,35?,36?,37-,38-,43-,44-/m1/s1. The van der Waals surface area contributed by atoms with Crippen molar-refractivity contribution in [2.75, 3.05) is 0 Å². The van der Waals surface area contributed by atoms with Crippen molar-refractivity contribution >= 4 is 11.6 Å². The molecule has 4 bridgehead atoms. The number of ketones is 2. The Hall–Kier alpha value is -0.660. The van der Waals surface area contributed by atoms with Gasteiger partial charge in [0.2, 0.25) is 0 Å². The molecule has 6 aliphatic carbocycles. The number of carbonyl (C=O) groups excluding carboxylic acids is 2. The van der Waals surface area contributed by atoms with Crippen LogP contribution in [0.4, 0.5) is 0 Å². The lowest BCUT2D eigenvalue weighted by atomic mass is 9.46. The largest absolute Gasteiger partial charge is 0.299 e. The first-order chi connectivity index (χ1) is 21.5. The third-order valence-corrected chi connectivity index (χ3v) is 18.3. The van der Waals surface area contributed by atoms with Crippen LogP contribution in [-0.2, 0) is 9.59 Å². The van der Waals surface area contributed by atoms with Crippen molar-refractivity contribution in [2.24, 2.45) is 92.7 Å². The van der Waals surface area contributed by atoms with Crippen LogP contribution in [0.25, 0.3) is 0 Å². The van der Waals surface area contributed by atoms with Gasteiger partial charge in [-0.25, -0.2) is 0 Å². The van der Waals surface area contributed by atoms with Gasteiger partial charge < -0.3 is 0 Å². The maximum absolute atomic E-state index is 14.4. The van der Waals surface area contributed by atoms with E-state index in [2.05, 4.69) is 69.2 Å². The van der Waals surface area contributed by atoms with Gasteiger partial charge in [-0.1, -0.05) is 82.1 Å². The molecule has 0 saturated heterocycles. The van der Waals surface area contributed by atoms with E-state index in [0.717, 1.165) is 48.3 Å². The maximum Gasteiger partial charge on any atom is 0.136 e. The second-order valence-corrected chi connectivity index (χ2v) is 20.8. The van der Waals surface area contributed by atoms with E-state index in [4.69, 9.17) is 0 Å². The zero-order chi connectivity index (χ0) is 33.4. The number of hydrogen-bond acceptors (Lipinski definition) is 2. The average molecular weight is 635 g/mol. The second kappa shape index (κ2) is 12.6. The highest BCUT2D eigenvalue weighted by Crippen LogP contribution is 2.63. The minimum absolute atomic E-state index is 0.0972. The second-order valence-electron chi connectivity index (χ2n) is 20.8. The third-order valence-electron chi connectivity index (χ3n) is 18.3. The van der Waals surface area contributed by atoms with Gasteiger partial charge in [-0.15, -0.1) is 0 Å². The molecule has 6 aliphatic rings. The molecular formula is C44H74O2. The highest BCUT2D eigenvalue weighted by molar-refractivity contribution is 5.89. The molecule has 0 amide bonds. The summed E-state index contributed by atoms with van der Waals surface area (Å²) in [6.45, 7) is 25.3. The molecule has 0 radical (unpaired) electrons. The Morgan fingerprint density at radius 2 is 0.783 bits per heavy atom. The van der Waals surface area contributed by atoms with E-state index in [-0.39, 0.29) is 22.7 Å². The molecule has 0 aromatic carbocycles. The van der Waals surface area contributed by atoms with Gasteiger partial charge in [-0.3, -0.25) is 9.59 Å². The monoisotopic (exact) mass is 635 g/mol. The number of carbonyl (C=O) groups is 2. The Morgan fingerprint density at radius 3 is 1.15 bits per heavy atom. The minimum Gasteiger partial charge on any atom is -0.299 e. The minimum atomic E-state index is 0.0972. The molecule has 2 heteroatoms. The average Bonchev–Trinajstić information content (AvgIpc) is 2.97. The smallest absolute Gasteiger partial charge is 0.136 e. The van der Waals surface area contributed by atoms with Crippen LogP contribution in [0.1, 0.15) is 172 Å². The fourth-order valence-electron chi connectivity index (χ4n) is 15.0. The summed E-state index contributed by atoms with van der Waals surface area (Å²) in [5.41, 5.74) is 1.02. The van der Waals surface area contributed by atoms with E-state index in [1.165, 1.54) is 77.0 Å². The van der Waals surface area contributed by atoms with Crippen LogP contribution in [0.15, 0.2) is 0 Å². The summed E-state index contributed by atoms with van der Waals surface area (Å²) in [6, 6.07) is 0. The molecule has 262 valence electrons. The van der Waals surface area contributed by atoms with Gasteiger partial charge >= 0.3 is 0 Å². The van der Waals surface area contributed by atoms with Gasteiger partial charge in [0.1, 0.15) is 11.6 Å². The molecule has 14 atom stereocenters. The van der Waals surface area contributed by atoms with Crippen molar-refractivity contribution in [3.05, 3.63) is 0 Å². The molecule has 6 fully saturated rings. The lowest BCUT2D eigenvalue weighted by molar-refractivity contribution is -0.145. The van der Waals surface area contributed by atoms with Crippen LogP contribution in [0, 0.1) is 92.7 Å². The highest BCUT2D eigenvalue weighted by atomic mass is 16.1. The van der Waals surface area contributed by atoms with Gasteiger partial charge in [-0.05, 0) is 158 Å². The highest BCUT2D eigenvalue weighted by Gasteiger charge is 2.57. The molecule has 0 aromatic rings. The molecule has 2 nitrogen and oxygen atoms in total. The maximum atomic E-state index is 14.4. The molecule has 6 rings (SSSR count). The lowest BCUT2D eigenvalue weighted by Crippen LogP contribution is -2.52. The topological polar surface area (TPSA) is 34.1 Å². The Kier molecular flexibility index (Phi) is 9.63. The van der Waals surface area contributed by atoms with Crippen molar-refractivity contribution in [1.29, 1.82) is 0 Å². The summed E-state index contributed by atoms with van der Waals surface area (Å²) in [4.78, 5) is 28.8. The molecule has 2 unspecified atom stereocenters. The van der Waals surface area contributed by atoms with Crippen LogP contribution in [0.5, 0.6) is 0 Å². The summed E-state index contributed by atoms with van der Waals surface area (Å²) in [5, 5.41) is 0. The van der Waals surface area contributed by atoms with E-state index < -0.39 is 0 Å². The molecule has 46 heavy (non-hydrogen) atoms. The molecule has 0 aliphatic heterocycles. The Balaban J connectivity index is 1.17. The molecule has 0 spiro atoms. The van der Waals surface area contributed by atoms with E-state index in [1.54, 1.807) is 0 Å². The van der Waals surface area contributed by atoms with Crippen molar-refractivity contribution in [3.63, 3.8) is 0 Å². The van der Waals surface area contributed by atoms with Crippen LogP contribution >= 0.6 is 0 Å².